The van der Waals surface area contributed by atoms with Crippen LogP contribution in [0.1, 0.15) is 18.6 Å². The third-order valence-corrected chi connectivity index (χ3v) is 3.02. The van der Waals surface area contributed by atoms with Gasteiger partial charge in [0.25, 0.3) is 0 Å². The van der Waals surface area contributed by atoms with Gasteiger partial charge in [-0.1, -0.05) is 18.2 Å². The van der Waals surface area contributed by atoms with Crippen molar-refractivity contribution in [3.05, 3.63) is 59.7 Å². The van der Waals surface area contributed by atoms with Gasteiger partial charge in [0.05, 0.1) is 11.8 Å². The van der Waals surface area contributed by atoms with E-state index >= 15 is 0 Å². The van der Waals surface area contributed by atoms with E-state index in [0.29, 0.717) is 11.4 Å². The average molecular weight is 263 g/mol. The van der Waals surface area contributed by atoms with Crippen molar-refractivity contribution >= 4 is 11.4 Å². The fourth-order valence-electron chi connectivity index (χ4n) is 2.09. The lowest BCUT2D eigenvalue weighted by molar-refractivity contribution is 0.194. The van der Waals surface area contributed by atoms with Crippen LogP contribution in [0.5, 0.6) is 0 Å². The van der Waals surface area contributed by atoms with E-state index in [4.69, 9.17) is 0 Å². The van der Waals surface area contributed by atoms with Gasteiger partial charge in [0.2, 0.25) is 0 Å². The molecule has 0 fully saturated rings. The predicted molar refractivity (Wildman–Crippen MR) is 71.5 cm³/mol. The first-order valence-corrected chi connectivity index (χ1v) is 5.97. The molecular weight excluding hydrogens is 248 g/mol. The summed E-state index contributed by atoms with van der Waals surface area (Å²) in [5.41, 5.74) is 0.934. The van der Waals surface area contributed by atoms with Crippen LogP contribution in [0.2, 0.25) is 0 Å². The lowest BCUT2D eigenvalue weighted by Crippen LogP contribution is -2.15. The molecule has 0 aliphatic carbocycles. The maximum atomic E-state index is 13.8. The smallest absolute Gasteiger partial charge is 0.146 e. The van der Waals surface area contributed by atoms with Crippen LogP contribution >= 0.6 is 0 Å². The first-order chi connectivity index (χ1) is 9.02. The third-order valence-electron chi connectivity index (χ3n) is 3.02. The molecule has 0 unspecified atom stereocenters. The number of anilines is 2. The monoisotopic (exact) mass is 263 g/mol. The summed E-state index contributed by atoms with van der Waals surface area (Å²) in [6.45, 7) is 1.48. The van der Waals surface area contributed by atoms with Crippen molar-refractivity contribution in [1.82, 2.24) is 0 Å². The molecule has 0 radical (unpaired) electrons. The summed E-state index contributed by atoms with van der Waals surface area (Å²) in [7, 11) is 1.64. The Morgan fingerprint density at radius 1 is 0.947 bits per heavy atom. The van der Waals surface area contributed by atoms with Crippen LogP contribution in [0.15, 0.2) is 42.5 Å². The first kappa shape index (κ1) is 13.5. The Bertz CT molecular complexity index is 584. The van der Waals surface area contributed by atoms with E-state index in [1.165, 1.54) is 30.0 Å². The Balaban J connectivity index is 2.54. The van der Waals surface area contributed by atoms with Crippen molar-refractivity contribution in [3.8, 4) is 0 Å². The molecule has 0 spiro atoms. The largest absolute Gasteiger partial charge is 0.389 e. The molecule has 2 aromatic carbocycles. The molecule has 19 heavy (non-hydrogen) atoms. The lowest BCUT2D eigenvalue weighted by Gasteiger charge is -2.24. The molecule has 0 amide bonds. The van der Waals surface area contributed by atoms with E-state index in [-0.39, 0.29) is 5.56 Å². The molecule has 0 aromatic heterocycles. The fourth-order valence-corrected chi connectivity index (χ4v) is 2.09. The highest BCUT2D eigenvalue weighted by molar-refractivity contribution is 5.66. The zero-order valence-corrected chi connectivity index (χ0v) is 10.8. The molecule has 0 aliphatic rings. The molecule has 0 aliphatic heterocycles. The van der Waals surface area contributed by atoms with Gasteiger partial charge in [0.1, 0.15) is 11.6 Å². The van der Waals surface area contributed by atoms with Gasteiger partial charge in [0.15, 0.2) is 0 Å². The molecule has 0 heterocycles. The molecular formula is C15H15F2NO. The second-order valence-corrected chi connectivity index (χ2v) is 4.36. The van der Waals surface area contributed by atoms with E-state index in [0.717, 1.165) is 0 Å². The minimum atomic E-state index is -0.967. The highest BCUT2D eigenvalue weighted by Gasteiger charge is 2.18. The maximum Gasteiger partial charge on any atom is 0.146 e. The van der Waals surface area contributed by atoms with Crippen LogP contribution in [-0.2, 0) is 0 Å². The van der Waals surface area contributed by atoms with Crippen LogP contribution < -0.4 is 4.90 Å². The highest BCUT2D eigenvalue weighted by atomic mass is 19.1. The minimum absolute atomic E-state index is 0.160. The van der Waals surface area contributed by atoms with E-state index < -0.39 is 17.7 Å². The van der Waals surface area contributed by atoms with Gasteiger partial charge >= 0.3 is 0 Å². The lowest BCUT2D eigenvalue weighted by atomic mass is 10.1. The van der Waals surface area contributed by atoms with Crippen LogP contribution in [0.25, 0.3) is 0 Å². The molecule has 1 N–H and O–H groups in total. The molecule has 2 rings (SSSR count). The summed E-state index contributed by atoms with van der Waals surface area (Å²) in [5.74, 6) is -0.901. The summed E-state index contributed by atoms with van der Waals surface area (Å²) in [5, 5.41) is 9.69. The number of halogens is 2. The van der Waals surface area contributed by atoms with E-state index in [1.54, 1.807) is 31.3 Å². The quantitative estimate of drug-likeness (QED) is 0.910. The number of rotatable bonds is 3. The van der Waals surface area contributed by atoms with Crippen LogP contribution in [0, 0.1) is 11.6 Å². The third kappa shape index (κ3) is 2.58. The van der Waals surface area contributed by atoms with E-state index in [9.17, 15) is 13.9 Å². The van der Waals surface area contributed by atoms with Gasteiger partial charge in [-0.2, -0.15) is 0 Å². The number of hydrogen-bond donors (Lipinski definition) is 1. The predicted octanol–water partition coefficient (Wildman–Crippen LogP) is 3.79. The van der Waals surface area contributed by atoms with Gasteiger partial charge < -0.3 is 10.0 Å². The summed E-state index contributed by atoms with van der Waals surface area (Å²) in [4.78, 5) is 1.53. The van der Waals surface area contributed by atoms with Gasteiger partial charge in [-0.05, 0) is 31.2 Å². The Morgan fingerprint density at radius 2 is 1.53 bits per heavy atom. The highest BCUT2D eigenvalue weighted by Crippen LogP contribution is 2.33. The normalized spacial score (nSPS) is 12.3. The van der Waals surface area contributed by atoms with E-state index in [1.807, 2.05) is 0 Å². The molecule has 0 saturated carbocycles. The topological polar surface area (TPSA) is 23.5 Å². The van der Waals surface area contributed by atoms with Crippen molar-refractivity contribution in [2.75, 3.05) is 11.9 Å². The molecule has 0 saturated heterocycles. The second-order valence-electron chi connectivity index (χ2n) is 4.36. The zero-order valence-electron chi connectivity index (χ0n) is 10.8. The summed E-state index contributed by atoms with van der Waals surface area (Å²) < 4.78 is 27.6. The second kappa shape index (κ2) is 5.36. The summed E-state index contributed by atoms with van der Waals surface area (Å²) >= 11 is 0. The first-order valence-electron chi connectivity index (χ1n) is 5.97. The van der Waals surface area contributed by atoms with Crippen molar-refractivity contribution in [3.63, 3.8) is 0 Å². The number of aliphatic hydroxyl groups is 1. The average Bonchev–Trinajstić information content (AvgIpc) is 2.37. The number of hydrogen-bond acceptors (Lipinski definition) is 2. The van der Waals surface area contributed by atoms with Gasteiger partial charge in [-0.3, -0.25) is 0 Å². The Labute approximate surface area is 110 Å². The molecule has 2 nitrogen and oxygen atoms in total. The molecule has 4 heteroatoms. The maximum absolute atomic E-state index is 13.8. The standard InChI is InChI=1S/C15H15F2NO/c1-10(19)15-12(17)7-5-9-14(15)18(2)13-8-4-3-6-11(13)16/h3-10,19H,1-2H3/t10-/m0/s1. The van der Waals surface area contributed by atoms with Crippen molar-refractivity contribution in [2.45, 2.75) is 13.0 Å². The van der Waals surface area contributed by atoms with Gasteiger partial charge in [-0.15, -0.1) is 0 Å². The number of para-hydroxylation sites is 1. The van der Waals surface area contributed by atoms with E-state index in [2.05, 4.69) is 0 Å². The number of nitrogens with zero attached hydrogens (tertiary/aromatic N) is 1. The van der Waals surface area contributed by atoms with Crippen molar-refractivity contribution in [1.29, 1.82) is 0 Å². The SMILES string of the molecule is C[C@H](O)c1c(F)cccc1N(C)c1ccccc1F. The molecule has 2 aromatic rings. The van der Waals surface area contributed by atoms with Crippen molar-refractivity contribution < 1.29 is 13.9 Å². The van der Waals surface area contributed by atoms with Gasteiger partial charge in [0, 0.05) is 18.3 Å². The minimum Gasteiger partial charge on any atom is -0.389 e. The zero-order chi connectivity index (χ0) is 14.0. The summed E-state index contributed by atoms with van der Waals surface area (Å²) in [6, 6.07) is 10.7. The number of aliphatic hydroxyl groups excluding tert-OH is 1. The van der Waals surface area contributed by atoms with Crippen LogP contribution in [0.4, 0.5) is 20.2 Å². The molecule has 1 atom stereocenters. The summed E-state index contributed by atoms with van der Waals surface area (Å²) in [6.07, 6.45) is -0.967. The van der Waals surface area contributed by atoms with Crippen molar-refractivity contribution in [2.24, 2.45) is 0 Å². The van der Waals surface area contributed by atoms with Crippen LogP contribution in [-0.4, -0.2) is 12.2 Å². The molecule has 100 valence electrons. The Kier molecular flexibility index (Phi) is 3.81. The van der Waals surface area contributed by atoms with Crippen LogP contribution in [0.3, 0.4) is 0 Å². The molecule has 0 bridgehead atoms. The Hall–Kier alpha value is -1.94. The number of benzene rings is 2. The van der Waals surface area contributed by atoms with Gasteiger partial charge in [-0.25, -0.2) is 8.78 Å². The fraction of sp³-hybridized carbons (Fsp3) is 0.200. The Morgan fingerprint density at radius 3 is 2.16 bits per heavy atom.